The molecule has 1 aromatic carbocycles. The van der Waals surface area contributed by atoms with Crippen LogP contribution in [0.25, 0.3) is 0 Å². The Morgan fingerprint density at radius 1 is 1.03 bits per heavy atom. The molecule has 1 fully saturated rings. The molecule has 1 amide bonds. The second-order valence-corrected chi connectivity index (χ2v) is 7.95. The number of carbonyl (C=O) groups excluding carboxylic acids is 1. The number of anilines is 2. The molecular weight excluding hydrogens is 384 g/mol. The molecule has 1 N–H and O–H groups in total. The number of rotatable bonds is 5. The molecule has 0 bridgehead atoms. The van der Waals surface area contributed by atoms with Gasteiger partial charge in [0.1, 0.15) is 0 Å². The fraction of sp³-hybridized carbons (Fsp3) is 0.286. The molecule has 3 aromatic rings. The minimum atomic E-state index is 0.00105. The number of piperidine rings is 1. The number of carbonyl (C=O) groups is 1. The molecule has 0 unspecified atom stereocenters. The van der Waals surface area contributed by atoms with Gasteiger partial charge in [-0.3, -0.25) is 4.79 Å². The van der Waals surface area contributed by atoms with E-state index in [2.05, 4.69) is 30.2 Å². The summed E-state index contributed by atoms with van der Waals surface area (Å²) in [4.78, 5) is 33.0. The summed E-state index contributed by atoms with van der Waals surface area (Å²) in [6, 6.07) is 9.59. The summed E-state index contributed by atoms with van der Waals surface area (Å²) < 4.78 is 0. The second kappa shape index (κ2) is 9.00. The average molecular weight is 407 g/mol. The lowest BCUT2D eigenvalue weighted by molar-refractivity contribution is -0.120. The van der Waals surface area contributed by atoms with Crippen LogP contribution in [0.15, 0.2) is 65.2 Å². The molecule has 3 heterocycles. The molecule has 0 atom stereocenters. The Labute approximate surface area is 174 Å². The Morgan fingerprint density at radius 3 is 2.34 bits per heavy atom. The van der Waals surface area contributed by atoms with Gasteiger partial charge >= 0.3 is 0 Å². The Bertz CT molecular complexity index is 961. The predicted molar refractivity (Wildman–Crippen MR) is 113 cm³/mol. The molecule has 1 aliphatic rings. The van der Waals surface area contributed by atoms with Crippen molar-refractivity contribution in [2.75, 3.05) is 23.3 Å². The van der Waals surface area contributed by atoms with Crippen molar-refractivity contribution in [3.8, 4) is 0 Å². The molecule has 1 aliphatic heterocycles. The van der Waals surface area contributed by atoms with Crippen molar-refractivity contribution in [3.05, 3.63) is 60.7 Å². The monoisotopic (exact) mass is 406 g/mol. The largest absolute Gasteiger partial charge is 0.341 e. The lowest BCUT2D eigenvalue weighted by Crippen LogP contribution is -2.39. The number of amides is 1. The lowest BCUT2D eigenvalue weighted by atomic mass is 9.96. The van der Waals surface area contributed by atoms with E-state index in [0.29, 0.717) is 5.16 Å². The van der Waals surface area contributed by atoms with E-state index in [9.17, 15) is 4.79 Å². The molecule has 0 radical (unpaired) electrons. The highest BCUT2D eigenvalue weighted by Crippen LogP contribution is 2.29. The predicted octanol–water partition coefficient (Wildman–Crippen LogP) is 3.58. The zero-order valence-corrected chi connectivity index (χ0v) is 17.0. The third kappa shape index (κ3) is 4.89. The average Bonchev–Trinajstić information content (AvgIpc) is 2.77. The van der Waals surface area contributed by atoms with Crippen molar-refractivity contribution < 1.29 is 4.79 Å². The Hall–Kier alpha value is -3.00. The zero-order valence-electron chi connectivity index (χ0n) is 16.2. The number of nitrogens with one attached hydrogen (secondary N) is 1. The van der Waals surface area contributed by atoms with Crippen molar-refractivity contribution in [2.24, 2.45) is 5.92 Å². The highest BCUT2D eigenvalue weighted by molar-refractivity contribution is 7.99. The van der Waals surface area contributed by atoms with Crippen molar-refractivity contribution in [1.82, 2.24) is 19.9 Å². The maximum absolute atomic E-state index is 12.8. The molecule has 1 saturated heterocycles. The normalized spacial score (nSPS) is 14.6. The maximum atomic E-state index is 12.8. The molecule has 29 heavy (non-hydrogen) atoms. The van der Waals surface area contributed by atoms with Gasteiger partial charge in [0.15, 0.2) is 5.16 Å². The van der Waals surface area contributed by atoms with Gasteiger partial charge in [-0.2, -0.15) is 0 Å². The third-order valence-corrected chi connectivity index (χ3v) is 5.79. The summed E-state index contributed by atoms with van der Waals surface area (Å²) in [6.45, 7) is 3.57. The number of benzene rings is 1. The van der Waals surface area contributed by atoms with Crippen LogP contribution in [0.2, 0.25) is 0 Å². The number of hydrogen-bond donors (Lipinski definition) is 1. The molecule has 2 aromatic heterocycles. The van der Waals surface area contributed by atoms with Crippen molar-refractivity contribution in [1.29, 1.82) is 0 Å². The summed E-state index contributed by atoms with van der Waals surface area (Å²) in [5, 5.41) is 3.80. The quantitative estimate of drug-likeness (QED) is 0.648. The van der Waals surface area contributed by atoms with Crippen LogP contribution in [0, 0.1) is 12.8 Å². The van der Waals surface area contributed by atoms with E-state index in [1.165, 1.54) is 11.8 Å². The van der Waals surface area contributed by atoms with Gasteiger partial charge in [-0.25, -0.2) is 19.9 Å². The molecule has 0 saturated carbocycles. The van der Waals surface area contributed by atoms with Gasteiger partial charge in [-0.05, 0) is 67.4 Å². The number of aryl methyl sites for hydroxylation is 1. The van der Waals surface area contributed by atoms with Crippen LogP contribution in [0.3, 0.4) is 0 Å². The fourth-order valence-electron chi connectivity index (χ4n) is 3.31. The highest BCUT2D eigenvalue weighted by atomic mass is 32.2. The Balaban J connectivity index is 1.34. The van der Waals surface area contributed by atoms with E-state index in [1.807, 2.05) is 31.2 Å². The van der Waals surface area contributed by atoms with Gasteiger partial charge in [0.05, 0.1) is 0 Å². The third-order valence-electron chi connectivity index (χ3n) is 4.91. The molecule has 0 aliphatic carbocycles. The molecule has 4 rings (SSSR count). The van der Waals surface area contributed by atoms with Crippen molar-refractivity contribution in [3.63, 3.8) is 0 Å². The standard InChI is InChI=1S/C21H22N6OS/c1-15-14-17(29-21-24-10-3-11-25-21)4-5-18(15)26-19(28)16-6-12-27(13-7-16)20-22-8-2-9-23-20/h2-5,8-11,14,16H,6-7,12-13H2,1H3,(H,26,28). The Morgan fingerprint density at radius 2 is 1.69 bits per heavy atom. The highest BCUT2D eigenvalue weighted by Gasteiger charge is 2.26. The van der Waals surface area contributed by atoms with E-state index in [1.54, 1.807) is 30.9 Å². The van der Waals surface area contributed by atoms with Crippen LogP contribution in [-0.2, 0) is 4.79 Å². The summed E-state index contributed by atoms with van der Waals surface area (Å²) in [5.41, 5.74) is 1.87. The van der Waals surface area contributed by atoms with E-state index in [4.69, 9.17) is 0 Å². The summed E-state index contributed by atoms with van der Waals surface area (Å²) in [7, 11) is 0. The fourth-order valence-corrected chi connectivity index (χ4v) is 4.12. The van der Waals surface area contributed by atoms with Crippen LogP contribution in [0.4, 0.5) is 11.6 Å². The van der Waals surface area contributed by atoms with Crippen LogP contribution in [0.5, 0.6) is 0 Å². The van der Waals surface area contributed by atoms with Gasteiger partial charge in [-0.15, -0.1) is 0 Å². The number of aromatic nitrogens is 4. The lowest BCUT2D eigenvalue weighted by Gasteiger charge is -2.31. The molecule has 8 heteroatoms. The Kier molecular flexibility index (Phi) is 6.00. The molecule has 148 valence electrons. The minimum absolute atomic E-state index is 0.00105. The topological polar surface area (TPSA) is 83.9 Å². The first kappa shape index (κ1) is 19.3. The van der Waals surface area contributed by atoms with E-state index >= 15 is 0 Å². The SMILES string of the molecule is Cc1cc(Sc2ncccn2)ccc1NC(=O)C1CCN(c2ncccn2)CC1. The van der Waals surface area contributed by atoms with E-state index in [-0.39, 0.29) is 11.8 Å². The van der Waals surface area contributed by atoms with E-state index in [0.717, 1.165) is 48.0 Å². The van der Waals surface area contributed by atoms with Crippen LogP contribution >= 0.6 is 11.8 Å². The first-order valence-corrected chi connectivity index (χ1v) is 10.4. The van der Waals surface area contributed by atoms with Gasteiger partial charge in [0.25, 0.3) is 0 Å². The summed E-state index contributed by atoms with van der Waals surface area (Å²) in [6.07, 6.45) is 8.54. The maximum Gasteiger partial charge on any atom is 0.227 e. The zero-order chi connectivity index (χ0) is 20.1. The summed E-state index contributed by atoms with van der Waals surface area (Å²) in [5.74, 6) is 0.812. The van der Waals surface area contributed by atoms with Crippen LogP contribution in [0.1, 0.15) is 18.4 Å². The molecule has 7 nitrogen and oxygen atoms in total. The first-order valence-electron chi connectivity index (χ1n) is 9.57. The van der Waals surface area contributed by atoms with Gasteiger partial charge < -0.3 is 10.2 Å². The van der Waals surface area contributed by atoms with Crippen LogP contribution in [-0.4, -0.2) is 38.9 Å². The van der Waals surface area contributed by atoms with Crippen molar-refractivity contribution >= 4 is 29.3 Å². The van der Waals surface area contributed by atoms with Crippen molar-refractivity contribution in [2.45, 2.75) is 29.8 Å². The molecule has 0 spiro atoms. The number of hydrogen-bond acceptors (Lipinski definition) is 7. The second-order valence-electron chi connectivity index (χ2n) is 6.91. The minimum Gasteiger partial charge on any atom is -0.341 e. The first-order chi connectivity index (χ1) is 14.2. The van der Waals surface area contributed by atoms with Gasteiger partial charge in [0.2, 0.25) is 11.9 Å². The summed E-state index contributed by atoms with van der Waals surface area (Å²) >= 11 is 1.50. The van der Waals surface area contributed by atoms with Gasteiger partial charge in [0, 0.05) is 54.4 Å². The van der Waals surface area contributed by atoms with E-state index < -0.39 is 0 Å². The smallest absolute Gasteiger partial charge is 0.227 e. The number of nitrogens with zero attached hydrogens (tertiary/aromatic N) is 5. The van der Waals surface area contributed by atoms with Gasteiger partial charge in [-0.1, -0.05) is 0 Å². The van der Waals surface area contributed by atoms with Crippen LogP contribution < -0.4 is 10.2 Å². The molecular formula is C21H22N6OS.